The van der Waals surface area contributed by atoms with Crippen LogP contribution in [0.1, 0.15) is 25.0 Å². The van der Waals surface area contributed by atoms with E-state index >= 15 is 0 Å². The molecule has 0 atom stereocenters. The summed E-state index contributed by atoms with van der Waals surface area (Å²) in [6, 6.07) is 7.58. The van der Waals surface area contributed by atoms with Crippen LogP contribution in [0.4, 0.5) is 4.39 Å². The number of nitrogens with one attached hydrogen (secondary N) is 1. The van der Waals surface area contributed by atoms with Crippen molar-refractivity contribution in [1.82, 2.24) is 15.4 Å². The number of likely N-dealkylation sites (tertiary alicyclic amines) is 1. The van der Waals surface area contributed by atoms with Crippen molar-refractivity contribution in [3.63, 3.8) is 0 Å². The van der Waals surface area contributed by atoms with Crippen molar-refractivity contribution in [3.05, 3.63) is 41.8 Å². The standard InChI is InChI=1S/C19H22FN3O4/c20-15-6-4-14(5-7-15)17-11-16(22-27-17)12-26-13-18(24)21-8-2-10-23-9-1-3-19(23)25/h4-7,11H,1-3,8-10,12-13H2,(H,21,24). The second-order valence-electron chi connectivity index (χ2n) is 6.37. The fourth-order valence-electron chi connectivity index (χ4n) is 2.87. The summed E-state index contributed by atoms with van der Waals surface area (Å²) in [5, 5.41) is 6.64. The van der Waals surface area contributed by atoms with E-state index in [0.717, 1.165) is 19.4 Å². The summed E-state index contributed by atoms with van der Waals surface area (Å²) < 4.78 is 23.5. The topological polar surface area (TPSA) is 84.7 Å². The number of carbonyl (C=O) groups is 2. The smallest absolute Gasteiger partial charge is 0.246 e. The van der Waals surface area contributed by atoms with E-state index < -0.39 is 0 Å². The van der Waals surface area contributed by atoms with Gasteiger partial charge in [-0.2, -0.15) is 0 Å². The Balaban J connectivity index is 1.32. The SMILES string of the molecule is O=C(COCc1cc(-c2ccc(F)cc2)on1)NCCCN1CCCC1=O. The largest absolute Gasteiger partial charge is 0.365 e. The molecule has 1 saturated heterocycles. The number of carbonyl (C=O) groups excluding carboxylic acids is 2. The number of halogens is 1. The molecule has 2 heterocycles. The number of nitrogens with zero attached hydrogens (tertiary/aromatic N) is 2. The van der Waals surface area contributed by atoms with Crippen LogP contribution in [0.15, 0.2) is 34.9 Å². The van der Waals surface area contributed by atoms with Gasteiger partial charge in [0.1, 0.15) is 18.1 Å². The molecule has 8 heteroatoms. The quantitative estimate of drug-likeness (QED) is 0.679. The molecule has 1 aliphatic rings. The first-order chi connectivity index (χ1) is 13.1. The minimum Gasteiger partial charge on any atom is -0.365 e. The number of ether oxygens (including phenoxy) is 1. The Morgan fingerprint density at radius 2 is 2.15 bits per heavy atom. The van der Waals surface area contributed by atoms with E-state index in [1.165, 1.54) is 12.1 Å². The second-order valence-corrected chi connectivity index (χ2v) is 6.37. The highest BCUT2D eigenvalue weighted by molar-refractivity contribution is 5.78. The molecule has 2 aromatic rings. The van der Waals surface area contributed by atoms with Gasteiger partial charge >= 0.3 is 0 Å². The number of benzene rings is 1. The van der Waals surface area contributed by atoms with Gasteiger partial charge in [-0.15, -0.1) is 0 Å². The van der Waals surface area contributed by atoms with Crippen LogP contribution in [0.2, 0.25) is 0 Å². The van der Waals surface area contributed by atoms with E-state index in [4.69, 9.17) is 9.26 Å². The summed E-state index contributed by atoms with van der Waals surface area (Å²) >= 11 is 0. The van der Waals surface area contributed by atoms with Crippen LogP contribution in [0, 0.1) is 5.82 Å². The Morgan fingerprint density at radius 3 is 2.89 bits per heavy atom. The van der Waals surface area contributed by atoms with Crippen molar-refractivity contribution in [2.75, 3.05) is 26.2 Å². The van der Waals surface area contributed by atoms with Crippen LogP contribution in [-0.4, -0.2) is 48.1 Å². The van der Waals surface area contributed by atoms with Crippen LogP contribution in [0.5, 0.6) is 0 Å². The summed E-state index contributed by atoms with van der Waals surface area (Å²) in [5.41, 5.74) is 1.26. The van der Waals surface area contributed by atoms with Crippen LogP contribution in [-0.2, 0) is 20.9 Å². The minimum atomic E-state index is -0.320. The fourth-order valence-corrected chi connectivity index (χ4v) is 2.87. The maximum atomic E-state index is 12.9. The molecule has 27 heavy (non-hydrogen) atoms. The van der Waals surface area contributed by atoms with Crippen molar-refractivity contribution >= 4 is 11.8 Å². The first-order valence-corrected chi connectivity index (χ1v) is 8.95. The van der Waals surface area contributed by atoms with E-state index in [1.54, 1.807) is 18.2 Å². The highest BCUT2D eigenvalue weighted by Gasteiger charge is 2.19. The number of hydrogen-bond donors (Lipinski definition) is 1. The van der Waals surface area contributed by atoms with Crippen molar-refractivity contribution in [3.8, 4) is 11.3 Å². The molecule has 0 unspecified atom stereocenters. The summed E-state index contributed by atoms with van der Waals surface area (Å²) in [6.07, 6.45) is 2.27. The molecule has 0 bridgehead atoms. The Hall–Kier alpha value is -2.74. The molecule has 1 fully saturated rings. The van der Waals surface area contributed by atoms with Gasteiger partial charge in [-0.05, 0) is 37.1 Å². The number of amides is 2. The van der Waals surface area contributed by atoms with Gasteiger partial charge in [0.05, 0.1) is 6.61 Å². The molecule has 1 aliphatic heterocycles. The van der Waals surface area contributed by atoms with Crippen LogP contribution in [0.25, 0.3) is 11.3 Å². The van der Waals surface area contributed by atoms with Crippen molar-refractivity contribution in [2.24, 2.45) is 0 Å². The highest BCUT2D eigenvalue weighted by atomic mass is 19.1. The summed E-state index contributed by atoms with van der Waals surface area (Å²) in [7, 11) is 0. The number of rotatable bonds is 9. The number of hydrogen-bond acceptors (Lipinski definition) is 5. The molecular formula is C19H22FN3O4. The Kier molecular flexibility index (Phi) is 6.54. The number of aromatic nitrogens is 1. The third kappa shape index (κ3) is 5.62. The lowest BCUT2D eigenvalue weighted by Gasteiger charge is -2.15. The lowest BCUT2D eigenvalue weighted by Crippen LogP contribution is -2.32. The lowest BCUT2D eigenvalue weighted by molar-refractivity contribution is -0.127. The van der Waals surface area contributed by atoms with Gasteiger partial charge < -0.3 is 19.5 Å². The second kappa shape index (κ2) is 9.27. The average Bonchev–Trinajstić information content (AvgIpc) is 3.29. The highest BCUT2D eigenvalue weighted by Crippen LogP contribution is 2.20. The van der Waals surface area contributed by atoms with E-state index in [2.05, 4.69) is 10.5 Å². The zero-order valence-electron chi connectivity index (χ0n) is 14.9. The van der Waals surface area contributed by atoms with E-state index in [-0.39, 0.29) is 30.8 Å². The molecular weight excluding hydrogens is 353 g/mol. The molecule has 0 radical (unpaired) electrons. The van der Waals surface area contributed by atoms with Gasteiger partial charge in [-0.1, -0.05) is 5.16 Å². The predicted octanol–water partition coefficient (Wildman–Crippen LogP) is 2.13. The molecule has 1 N–H and O–H groups in total. The molecule has 2 amide bonds. The maximum absolute atomic E-state index is 12.9. The van der Waals surface area contributed by atoms with Gasteiger partial charge in [-0.3, -0.25) is 9.59 Å². The normalized spacial score (nSPS) is 14.0. The molecule has 7 nitrogen and oxygen atoms in total. The monoisotopic (exact) mass is 375 g/mol. The summed E-state index contributed by atoms with van der Waals surface area (Å²) in [5.74, 6) is 0.164. The van der Waals surface area contributed by atoms with Crippen molar-refractivity contribution in [2.45, 2.75) is 25.9 Å². The van der Waals surface area contributed by atoms with Gasteiger partial charge in [0.2, 0.25) is 11.8 Å². The molecule has 1 aromatic heterocycles. The molecule has 1 aromatic carbocycles. The van der Waals surface area contributed by atoms with Crippen LogP contribution >= 0.6 is 0 Å². The van der Waals surface area contributed by atoms with Gasteiger partial charge in [0.15, 0.2) is 5.76 Å². The summed E-state index contributed by atoms with van der Waals surface area (Å²) in [6.45, 7) is 2.05. The third-order valence-corrected chi connectivity index (χ3v) is 4.27. The first-order valence-electron chi connectivity index (χ1n) is 8.95. The molecule has 3 rings (SSSR count). The average molecular weight is 375 g/mol. The Morgan fingerprint density at radius 1 is 1.33 bits per heavy atom. The maximum Gasteiger partial charge on any atom is 0.246 e. The Labute approximate surface area is 156 Å². The van der Waals surface area contributed by atoms with Gasteiger partial charge in [-0.25, -0.2) is 4.39 Å². The molecule has 144 valence electrons. The Bertz CT molecular complexity index is 776. The van der Waals surface area contributed by atoms with Crippen LogP contribution in [0.3, 0.4) is 0 Å². The van der Waals surface area contributed by atoms with Crippen LogP contribution < -0.4 is 5.32 Å². The van der Waals surface area contributed by atoms with Gasteiger partial charge in [0.25, 0.3) is 0 Å². The minimum absolute atomic E-state index is 0.0820. The molecule has 0 saturated carbocycles. The predicted molar refractivity (Wildman–Crippen MR) is 95.0 cm³/mol. The molecule has 0 aliphatic carbocycles. The van der Waals surface area contributed by atoms with E-state index in [1.807, 2.05) is 4.90 Å². The molecule has 0 spiro atoms. The third-order valence-electron chi connectivity index (χ3n) is 4.27. The first kappa shape index (κ1) is 19.0. The summed E-state index contributed by atoms with van der Waals surface area (Å²) in [4.78, 5) is 25.1. The fraction of sp³-hybridized carbons (Fsp3) is 0.421. The van der Waals surface area contributed by atoms with Crippen molar-refractivity contribution < 1.29 is 23.2 Å². The van der Waals surface area contributed by atoms with Crippen molar-refractivity contribution in [1.29, 1.82) is 0 Å². The zero-order valence-corrected chi connectivity index (χ0v) is 14.9. The van der Waals surface area contributed by atoms with Gasteiger partial charge in [0, 0.05) is 37.7 Å². The van der Waals surface area contributed by atoms with E-state index in [9.17, 15) is 14.0 Å². The van der Waals surface area contributed by atoms with E-state index in [0.29, 0.717) is 36.5 Å². The lowest BCUT2D eigenvalue weighted by atomic mass is 10.1. The zero-order chi connectivity index (χ0) is 19.1.